The first-order valence-corrected chi connectivity index (χ1v) is 6.66. The highest BCUT2D eigenvalue weighted by molar-refractivity contribution is 5.98. The van der Waals surface area contributed by atoms with Crippen molar-refractivity contribution in [2.45, 2.75) is 46.1 Å². The van der Waals surface area contributed by atoms with Gasteiger partial charge in [0.25, 0.3) is 0 Å². The first-order valence-electron chi connectivity index (χ1n) is 6.66. The monoisotopic (exact) mass is 250 g/mol. The van der Waals surface area contributed by atoms with Crippen LogP contribution in [0, 0.1) is 11.3 Å². The Labute approximate surface area is 108 Å². The van der Waals surface area contributed by atoms with Crippen LogP contribution in [-0.2, 0) is 4.79 Å². The van der Waals surface area contributed by atoms with E-state index in [1.165, 1.54) is 5.57 Å². The van der Waals surface area contributed by atoms with Gasteiger partial charge in [0.2, 0.25) is 0 Å². The molecule has 0 unspecified atom stereocenters. The molecule has 100 valence electrons. The van der Waals surface area contributed by atoms with Crippen LogP contribution in [0.25, 0.3) is 0 Å². The molecule has 0 aromatic heterocycles. The van der Waals surface area contributed by atoms with Crippen molar-refractivity contribution >= 4 is 5.78 Å². The first-order chi connectivity index (χ1) is 8.40. The molecule has 0 aliphatic heterocycles. The third-order valence-electron chi connectivity index (χ3n) is 4.55. The van der Waals surface area contributed by atoms with E-state index >= 15 is 0 Å². The second-order valence-electron chi connectivity index (χ2n) is 5.98. The topological polar surface area (TPSA) is 57.5 Å². The molecule has 0 fully saturated rings. The van der Waals surface area contributed by atoms with Crippen molar-refractivity contribution in [2.24, 2.45) is 11.3 Å². The van der Waals surface area contributed by atoms with Crippen LogP contribution in [0.4, 0.5) is 0 Å². The summed E-state index contributed by atoms with van der Waals surface area (Å²) < 4.78 is 0. The number of rotatable bonds is 2. The molecule has 0 aromatic rings. The summed E-state index contributed by atoms with van der Waals surface area (Å²) in [7, 11) is 0. The fraction of sp³-hybridized carbons (Fsp3) is 0.667. The number of hydrogen-bond donors (Lipinski definition) is 2. The molecule has 2 aliphatic carbocycles. The van der Waals surface area contributed by atoms with Crippen molar-refractivity contribution < 1.29 is 15.0 Å². The maximum Gasteiger partial charge on any atom is 0.164 e. The molecule has 0 aromatic carbocycles. The van der Waals surface area contributed by atoms with Crippen molar-refractivity contribution in [1.82, 2.24) is 0 Å². The van der Waals surface area contributed by atoms with Crippen LogP contribution in [0.2, 0.25) is 0 Å². The van der Waals surface area contributed by atoms with Gasteiger partial charge >= 0.3 is 0 Å². The number of ketones is 1. The highest BCUT2D eigenvalue weighted by Gasteiger charge is 2.45. The van der Waals surface area contributed by atoms with Crippen LogP contribution in [0.1, 0.15) is 40.0 Å². The van der Waals surface area contributed by atoms with Crippen LogP contribution in [0.5, 0.6) is 0 Å². The molecule has 0 amide bonds. The highest BCUT2D eigenvalue weighted by atomic mass is 16.3. The predicted molar refractivity (Wildman–Crippen MR) is 70.0 cm³/mol. The van der Waals surface area contributed by atoms with Gasteiger partial charge in [0.15, 0.2) is 5.78 Å². The number of Topliss-reactive ketones (excluding diaryl/α,β-unsaturated/α-hetero) is 1. The Morgan fingerprint density at radius 1 is 1.50 bits per heavy atom. The van der Waals surface area contributed by atoms with Crippen LogP contribution < -0.4 is 0 Å². The van der Waals surface area contributed by atoms with Gasteiger partial charge in [-0.1, -0.05) is 32.4 Å². The number of allylic oxidation sites excluding steroid dienone is 2. The van der Waals surface area contributed by atoms with Crippen LogP contribution >= 0.6 is 0 Å². The lowest BCUT2D eigenvalue weighted by Gasteiger charge is -2.43. The second kappa shape index (κ2) is 4.63. The van der Waals surface area contributed by atoms with Crippen LogP contribution in [0.3, 0.4) is 0 Å². The molecule has 2 N–H and O–H groups in total. The van der Waals surface area contributed by atoms with Gasteiger partial charge in [-0.05, 0) is 24.3 Å². The summed E-state index contributed by atoms with van der Waals surface area (Å²) in [6, 6.07) is 0. The second-order valence-corrected chi connectivity index (χ2v) is 5.98. The maximum absolute atomic E-state index is 11.9. The average Bonchev–Trinajstić information content (AvgIpc) is 2.30. The molecule has 0 saturated heterocycles. The average molecular weight is 250 g/mol. The lowest BCUT2D eigenvalue weighted by molar-refractivity contribution is -0.121. The van der Waals surface area contributed by atoms with Gasteiger partial charge in [-0.25, -0.2) is 0 Å². The summed E-state index contributed by atoms with van der Waals surface area (Å²) in [6.45, 7) is 6.05. The molecule has 0 saturated carbocycles. The molecule has 0 heterocycles. The number of hydrogen-bond acceptors (Lipinski definition) is 3. The number of carbonyl (C=O) groups is 1. The first kappa shape index (κ1) is 13.5. The minimum atomic E-state index is -0.625. The van der Waals surface area contributed by atoms with Crippen LogP contribution in [0.15, 0.2) is 22.8 Å². The van der Waals surface area contributed by atoms with Gasteiger partial charge in [-0.15, -0.1) is 0 Å². The molecule has 0 bridgehead atoms. The van der Waals surface area contributed by atoms with Crippen molar-refractivity contribution in [1.29, 1.82) is 0 Å². The zero-order chi connectivity index (χ0) is 13.5. The number of carbonyl (C=O) groups excluding carboxylic acids is 1. The zero-order valence-corrected chi connectivity index (χ0v) is 11.4. The summed E-state index contributed by atoms with van der Waals surface area (Å²) >= 11 is 0. The van der Waals surface area contributed by atoms with E-state index in [1.807, 2.05) is 13.0 Å². The molecular weight excluding hydrogens is 228 g/mol. The van der Waals surface area contributed by atoms with Gasteiger partial charge in [-0.2, -0.15) is 0 Å². The molecule has 2 atom stereocenters. The molecular formula is C15H22O3. The van der Waals surface area contributed by atoms with Crippen LogP contribution in [-0.4, -0.2) is 28.7 Å². The van der Waals surface area contributed by atoms with Gasteiger partial charge in [0, 0.05) is 17.4 Å². The Kier molecular flexibility index (Phi) is 3.47. The van der Waals surface area contributed by atoms with E-state index < -0.39 is 6.10 Å². The summed E-state index contributed by atoms with van der Waals surface area (Å²) in [5.74, 6) is 0.329. The third kappa shape index (κ3) is 1.95. The van der Waals surface area contributed by atoms with E-state index in [-0.39, 0.29) is 24.2 Å². The molecule has 18 heavy (non-hydrogen) atoms. The molecule has 3 nitrogen and oxygen atoms in total. The number of fused-ring (bicyclic) bond motifs is 1. The summed E-state index contributed by atoms with van der Waals surface area (Å²) in [6.07, 6.45) is 3.37. The van der Waals surface area contributed by atoms with Crippen molar-refractivity contribution in [3.63, 3.8) is 0 Å². The lowest BCUT2D eigenvalue weighted by Crippen LogP contribution is -2.43. The van der Waals surface area contributed by atoms with E-state index in [0.717, 1.165) is 18.4 Å². The Hall–Kier alpha value is -0.930. The van der Waals surface area contributed by atoms with E-state index in [4.69, 9.17) is 0 Å². The fourth-order valence-corrected chi connectivity index (χ4v) is 3.04. The largest absolute Gasteiger partial charge is 0.392 e. The fourth-order valence-electron chi connectivity index (χ4n) is 3.04. The quantitative estimate of drug-likeness (QED) is 0.788. The summed E-state index contributed by atoms with van der Waals surface area (Å²) in [5, 5.41) is 19.6. The Morgan fingerprint density at radius 3 is 2.72 bits per heavy atom. The Morgan fingerprint density at radius 2 is 2.17 bits per heavy atom. The van der Waals surface area contributed by atoms with Gasteiger partial charge < -0.3 is 10.2 Å². The standard InChI is InChI=1S/C15H22O3/c1-9(2)10-4-5-15(3)12(6-10)11(8-16)13(17)7-14(15)18/h6,9,14,16,18H,4-5,7-8H2,1-3H3/t14-,15-/m1/s1. The van der Waals surface area contributed by atoms with Gasteiger partial charge in [-0.3, -0.25) is 4.79 Å². The minimum Gasteiger partial charge on any atom is -0.392 e. The van der Waals surface area contributed by atoms with E-state index in [1.54, 1.807) is 0 Å². The van der Waals surface area contributed by atoms with Crippen molar-refractivity contribution in [2.75, 3.05) is 6.61 Å². The third-order valence-corrected chi connectivity index (χ3v) is 4.55. The number of aliphatic hydroxyl groups is 2. The van der Waals surface area contributed by atoms with Gasteiger partial charge in [0.1, 0.15) is 0 Å². The van der Waals surface area contributed by atoms with Gasteiger partial charge in [0.05, 0.1) is 12.7 Å². The smallest absolute Gasteiger partial charge is 0.164 e. The highest BCUT2D eigenvalue weighted by Crippen LogP contribution is 2.48. The lowest BCUT2D eigenvalue weighted by atomic mass is 9.62. The normalized spacial score (nSPS) is 32.7. The van der Waals surface area contributed by atoms with E-state index in [0.29, 0.717) is 11.5 Å². The molecule has 0 radical (unpaired) electrons. The van der Waals surface area contributed by atoms with Crippen molar-refractivity contribution in [3.8, 4) is 0 Å². The Balaban J connectivity index is 2.56. The zero-order valence-electron chi connectivity index (χ0n) is 11.4. The predicted octanol–water partition coefficient (Wildman–Crippen LogP) is 1.99. The SMILES string of the molecule is CC(C)C1=CC2=C(CO)C(=O)C[C@@H](O)[C@]2(C)CC1. The summed E-state index contributed by atoms with van der Waals surface area (Å²) in [5.41, 5.74) is 2.30. The minimum absolute atomic E-state index is 0.112. The Bertz CT molecular complexity index is 431. The molecule has 0 spiro atoms. The molecule has 2 rings (SSSR count). The summed E-state index contributed by atoms with van der Waals surface area (Å²) in [4.78, 5) is 11.9. The molecule has 2 aliphatic rings. The van der Waals surface area contributed by atoms with E-state index in [2.05, 4.69) is 13.8 Å². The number of aliphatic hydroxyl groups excluding tert-OH is 2. The van der Waals surface area contributed by atoms with E-state index in [9.17, 15) is 15.0 Å². The maximum atomic E-state index is 11.9. The van der Waals surface area contributed by atoms with Crippen molar-refractivity contribution in [3.05, 3.63) is 22.8 Å². The molecule has 3 heteroatoms.